The average molecular weight is 1250 g/mol. The smallest absolute Gasteiger partial charge is 0.246 e. The Morgan fingerprint density at radius 1 is 0.289 bits per heavy atom. The maximum atomic E-state index is 12.6. The summed E-state index contributed by atoms with van der Waals surface area (Å²) in [5.41, 5.74) is 2.35. The number of carbonyl (C=O) groups excluding carboxylic acids is 6. The lowest BCUT2D eigenvalue weighted by molar-refractivity contribution is -0.134. The highest BCUT2D eigenvalue weighted by Gasteiger charge is 2.28. The highest BCUT2D eigenvalue weighted by Crippen LogP contribution is 2.41. The van der Waals surface area contributed by atoms with Crippen LogP contribution in [0.5, 0.6) is 51.7 Å². The first-order valence-electron chi connectivity index (χ1n) is 31.0. The van der Waals surface area contributed by atoms with Crippen molar-refractivity contribution in [2.45, 2.75) is 38.5 Å². The van der Waals surface area contributed by atoms with Crippen molar-refractivity contribution in [2.75, 3.05) is 201 Å². The van der Waals surface area contributed by atoms with Crippen molar-refractivity contribution in [3.63, 3.8) is 0 Å². The number of hydrogen-bond acceptors (Lipinski definition) is 18. The van der Waals surface area contributed by atoms with Crippen LogP contribution < -0.4 is 42.6 Å². The van der Waals surface area contributed by atoms with E-state index in [1.165, 1.54) is 0 Å². The van der Waals surface area contributed by atoms with E-state index >= 15 is 0 Å². The van der Waals surface area contributed by atoms with Crippen LogP contribution in [0, 0.1) is 0 Å². The zero-order chi connectivity index (χ0) is 64.5. The molecular weight excluding hydrogens is 1160 g/mol. The minimum atomic E-state index is -0.0470. The van der Waals surface area contributed by atoms with E-state index in [1.807, 2.05) is 29.4 Å². The van der Waals surface area contributed by atoms with E-state index in [2.05, 4.69) is 14.7 Å². The van der Waals surface area contributed by atoms with Crippen molar-refractivity contribution in [3.8, 4) is 51.7 Å². The molecule has 3 aromatic rings. The maximum Gasteiger partial charge on any atom is 0.246 e. The van der Waals surface area contributed by atoms with Gasteiger partial charge in [-0.2, -0.15) is 0 Å². The van der Waals surface area contributed by atoms with Gasteiger partial charge in [0.15, 0.2) is 34.5 Å². The molecule has 492 valence electrons. The normalized spacial score (nSPS) is 17.4. The summed E-state index contributed by atoms with van der Waals surface area (Å²) in [7, 11) is 14.0. The molecule has 0 N–H and O–H groups in total. The number of methoxy groups -OCH3 is 9. The van der Waals surface area contributed by atoms with Crippen molar-refractivity contribution < 1.29 is 71.4 Å². The molecule has 24 nitrogen and oxygen atoms in total. The van der Waals surface area contributed by atoms with Crippen LogP contribution in [0.1, 0.15) is 55.2 Å². The molecule has 6 saturated heterocycles. The molecule has 6 fully saturated rings. The van der Waals surface area contributed by atoms with Gasteiger partial charge in [0, 0.05) is 136 Å². The van der Waals surface area contributed by atoms with Gasteiger partial charge in [0.05, 0.1) is 83.6 Å². The van der Waals surface area contributed by atoms with Crippen LogP contribution in [0.2, 0.25) is 0 Å². The summed E-state index contributed by atoms with van der Waals surface area (Å²) in [4.78, 5) is 92.4. The van der Waals surface area contributed by atoms with Gasteiger partial charge in [0.1, 0.15) is 0 Å². The second-order valence-corrected chi connectivity index (χ2v) is 22.4. The largest absolute Gasteiger partial charge is 0.493 e. The Balaban J connectivity index is 0.000000192. The van der Waals surface area contributed by atoms with Gasteiger partial charge in [0.25, 0.3) is 0 Å². The number of rotatable bonds is 21. The number of likely N-dealkylation sites (tertiary alicyclic amines) is 3. The molecule has 0 atom stereocenters. The van der Waals surface area contributed by atoms with Gasteiger partial charge < -0.3 is 72.0 Å². The number of carbonyl (C=O) groups is 6. The Labute approximate surface area is 530 Å². The van der Waals surface area contributed by atoms with Crippen molar-refractivity contribution >= 4 is 53.7 Å². The number of benzene rings is 3. The van der Waals surface area contributed by atoms with Crippen LogP contribution >= 0.6 is 0 Å². The molecule has 9 rings (SSSR count). The maximum absolute atomic E-state index is 12.6. The molecule has 6 amide bonds. The number of piperazine rings is 3. The first kappa shape index (κ1) is 69.3. The van der Waals surface area contributed by atoms with Crippen molar-refractivity contribution in [1.82, 2.24) is 44.1 Å². The predicted molar refractivity (Wildman–Crippen MR) is 342 cm³/mol. The molecule has 0 bridgehead atoms. The fourth-order valence-corrected chi connectivity index (χ4v) is 11.6. The second-order valence-electron chi connectivity index (χ2n) is 22.4. The summed E-state index contributed by atoms with van der Waals surface area (Å²) in [6, 6.07) is 10.8. The minimum absolute atomic E-state index is 0.0470. The second kappa shape index (κ2) is 35.2. The molecule has 0 radical (unpaired) electrons. The van der Waals surface area contributed by atoms with Crippen LogP contribution in [0.4, 0.5) is 0 Å². The molecule has 0 saturated carbocycles. The van der Waals surface area contributed by atoms with Gasteiger partial charge in [0.2, 0.25) is 52.7 Å². The fraction of sp³-hybridized carbons (Fsp3) is 0.545. The first-order chi connectivity index (χ1) is 43.6. The predicted octanol–water partition coefficient (Wildman–Crippen LogP) is 4.48. The quantitative estimate of drug-likeness (QED) is 0.135. The van der Waals surface area contributed by atoms with E-state index in [0.717, 1.165) is 94.5 Å². The standard InChI is InChI=1S/3C22H31N3O5/c3*1-28-18-14-17(15-19(29-2)22(18)30-3)6-7-20(26)25-12-10-23(11-13-25)16-21(27)24-8-4-5-9-24/h3*6-7,14-15H,4-5,8-13,16H2,1-3H3/b3*7-6+. The number of amides is 6. The third-order valence-electron chi connectivity index (χ3n) is 16.8. The molecule has 0 aliphatic carbocycles. The molecular formula is C66H93N9O15. The molecule has 0 aromatic heterocycles. The SMILES string of the molecule is COc1cc(/C=C/C(=O)N2CCN(CC(=O)N3CCCC3)CC2)cc(OC)c1OC.COc1cc(/C=C/C(=O)N2CCN(CC(=O)N3CCCC3)CC2)cc(OC)c1OC.COc1cc(/C=C/C(=O)N2CCN(CC(=O)N3CCCC3)CC2)cc(OC)c1OC. The Bertz CT molecular complexity index is 2580. The van der Waals surface area contributed by atoms with Crippen LogP contribution in [0.3, 0.4) is 0 Å². The van der Waals surface area contributed by atoms with Gasteiger partial charge in [-0.15, -0.1) is 0 Å². The van der Waals surface area contributed by atoms with Crippen molar-refractivity contribution in [2.24, 2.45) is 0 Å². The summed E-state index contributed by atoms with van der Waals surface area (Å²) in [6.45, 7) is 14.6. The van der Waals surface area contributed by atoms with Gasteiger partial charge in [-0.3, -0.25) is 43.5 Å². The van der Waals surface area contributed by atoms with Crippen LogP contribution in [-0.2, 0) is 28.8 Å². The number of ether oxygens (including phenoxy) is 9. The highest BCUT2D eigenvalue weighted by molar-refractivity contribution is 5.93. The molecule has 6 aliphatic heterocycles. The van der Waals surface area contributed by atoms with Gasteiger partial charge in [-0.25, -0.2) is 0 Å². The monoisotopic (exact) mass is 1250 g/mol. The Morgan fingerprint density at radius 3 is 0.667 bits per heavy atom. The van der Waals surface area contributed by atoms with E-state index in [9.17, 15) is 28.8 Å². The van der Waals surface area contributed by atoms with Gasteiger partial charge in [-0.1, -0.05) is 0 Å². The summed E-state index contributed by atoms with van der Waals surface area (Å²) in [5.74, 6) is 5.27. The molecule has 3 aromatic carbocycles. The summed E-state index contributed by atoms with van der Waals surface area (Å²) >= 11 is 0. The molecule has 0 unspecified atom stereocenters. The van der Waals surface area contributed by atoms with Crippen LogP contribution in [0.15, 0.2) is 54.6 Å². The minimum Gasteiger partial charge on any atom is -0.493 e. The fourth-order valence-electron chi connectivity index (χ4n) is 11.6. The molecule has 24 heteroatoms. The van der Waals surface area contributed by atoms with E-state index in [-0.39, 0.29) is 35.4 Å². The topological polar surface area (TPSA) is 215 Å². The van der Waals surface area contributed by atoms with Crippen LogP contribution in [-0.4, -0.2) is 281 Å². The first-order valence-corrected chi connectivity index (χ1v) is 31.0. The Hall–Kier alpha value is -8.22. The van der Waals surface area contributed by atoms with E-state index in [4.69, 9.17) is 42.6 Å². The van der Waals surface area contributed by atoms with Gasteiger partial charge >= 0.3 is 0 Å². The van der Waals surface area contributed by atoms with Crippen molar-refractivity contribution in [1.29, 1.82) is 0 Å². The average Bonchev–Trinajstić information content (AvgIpc) is 2.41. The lowest BCUT2D eigenvalue weighted by Gasteiger charge is -2.34. The number of nitrogens with zero attached hydrogens (tertiary/aromatic N) is 9. The molecule has 90 heavy (non-hydrogen) atoms. The van der Waals surface area contributed by atoms with Crippen LogP contribution in [0.25, 0.3) is 18.2 Å². The van der Waals surface area contributed by atoms with Crippen molar-refractivity contribution in [3.05, 3.63) is 71.3 Å². The van der Waals surface area contributed by atoms with E-state index in [1.54, 1.807) is 137 Å². The summed E-state index contributed by atoms with van der Waals surface area (Å²) in [5, 5.41) is 0. The summed E-state index contributed by atoms with van der Waals surface area (Å²) < 4.78 is 48.1. The molecule has 0 spiro atoms. The third-order valence-corrected chi connectivity index (χ3v) is 16.8. The van der Waals surface area contributed by atoms with E-state index < -0.39 is 0 Å². The summed E-state index contributed by atoms with van der Waals surface area (Å²) in [6.07, 6.45) is 16.5. The number of hydrogen-bond donors (Lipinski definition) is 0. The van der Waals surface area contributed by atoms with Gasteiger partial charge in [-0.05, 0) is 110 Å². The third kappa shape index (κ3) is 19.4. The lowest BCUT2D eigenvalue weighted by Crippen LogP contribution is -2.51. The zero-order valence-corrected chi connectivity index (χ0v) is 54.2. The lowest BCUT2D eigenvalue weighted by atomic mass is 10.1. The highest BCUT2D eigenvalue weighted by atomic mass is 16.5. The van der Waals surface area contributed by atoms with E-state index in [0.29, 0.717) is 150 Å². The Kier molecular flexibility index (Phi) is 27.1. The molecule has 6 aliphatic rings. The zero-order valence-electron chi connectivity index (χ0n) is 54.2. The molecule has 6 heterocycles. The Morgan fingerprint density at radius 2 is 0.489 bits per heavy atom.